The number of hydrogen-bond acceptors (Lipinski definition) is 4. The molecular formula is C19H23ClN2O4S. The molecule has 2 N–H and O–H groups in total. The second-order valence-electron chi connectivity index (χ2n) is 6.50. The molecule has 2 rings (SSSR count). The summed E-state index contributed by atoms with van der Waals surface area (Å²) in [6, 6.07) is 11.7. The van der Waals surface area contributed by atoms with Gasteiger partial charge in [-0.15, -0.1) is 0 Å². The summed E-state index contributed by atoms with van der Waals surface area (Å²) in [6.45, 7) is 5.75. The van der Waals surface area contributed by atoms with Crippen LogP contribution in [0.3, 0.4) is 0 Å². The van der Waals surface area contributed by atoms with Gasteiger partial charge in [-0.2, -0.15) is 0 Å². The van der Waals surface area contributed by atoms with Crippen LogP contribution in [0.1, 0.15) is 42.7 Å². The van der Waals surface area contributed by atoms with Crippen molar-refractivity contribution in [1.29, 1.82) is 0 Å². The summed E-state index contributed by atoms with van der Waals surface area (Å²) >= 11 is 5.99. The minimum absolute atomic E-state index is 0.0555. The molecule has 27 heavy (non-hydrogen) atoms. The molecule has 0 saturated carbocycles. The van der Waals surface area contributed by atoms with Crippen molar-refractivity contribution in [2.24, 2.45) is 0 Å². The van der Waals surface area contributed by atoms with E-state index in [-0.39, 0.29) is 28.8 Å². The van der Waals surface area contributed by atoms with Crippen LogP contribution in [0.5, 0.6) is 5.75 Å². The monoisotopic (exact) mass is 410 g/mol. The number of ether oxygens (including phenoxy) is 1. The summed E-state index contributed by atoms with van der Waals surface area (Å²) in [4.78, 5) is 12.6. The summed E-state index contributed by atoms with van der Waals surface area (Å²) in [6.07, 6.45) is 1.07. The van der Waals surface area contributed by atoms with Crippen LogP contribution >= 0.6 is 11.6 Å². The number of carbonyl (C=O) groups is 1. The highest BCUT2D eigenvalue weighted by atomic mass is 35.5. The Morgan fingerprint density at radius 2 is 1.81 bits per heavy atom. The van der Waals surface area contributed by atoms with E-state index in [0.29, 0.717) is 5.56 Å². The summed E-state index contributed by atoms with van der Waals surface area (Å²) in [5, 5.41) is 3.10. The molecule has 2 aromatic rings. The maximum Gasteiger partial charge on any atom is 0.251 e. The largest absolute Gasteiger partial charge is 0.491 e. The molecule has 1 unspecified atom stereocenters. The van der Waals surface area contributed by atoms with Gasteiger partial charge < -0.3 is 10.1 Å². The lowest BCUT2D eigenvalue weighted by Crippen LogP contribution is -2.26. The van der Waals surface area contributed by atoms with E-state index in [1.165, 1.54) is 18.2 Å². The smallest absolute Gasteiger partial charge is 0.251 e. The van der Waals surface area contributed by atoms with E-state index >= 15 is 0 Å². The zero-order valence-corrected chi connectivity index (χ0v) is 17.2. The Labute approximate surface area is 164 Å². The van der Waals surface area contributed by atoms with Crippen molar-refractivity contribution in [3.05, 3.63) is 58.6 Å². The Hall–Kier alpha value is -2.25. The fraction of sp³-hybridized carbons (Fsp3) is 0.316. The first-order valence-corrected chi connectivity index (χ1v) is 10.7. The number of anilines is 1. The molecule has 0 aliphatic heterocycles. The third-order valence-electron chi connectivity index (χ3n) is 3.60. The van der Waals surface area contributed by atoms with Crippen LogP contribution in [0.4, 0.5) is 5.69 Å². The highest BCUT2D eigenvalue weighted by molar-refractivity contribution is 7.92. The van der Waals surface area contributed by atoms with Crippen LogP contribution in [0.2, 0.25) is 5.02 Å². The van der Waals surface area contributed by atoms with Gasteiger partial charge in [0, 0.05) is 5.56 Å². The quantitative estimate of drug-likeness (QED) is 0.722. The van der Waals surface area contributed by atoms with Crippen LogP contribution in [-0.4, -0.2) is 26.7 Å². The average Bonchev–Trinajstić information content (AvgIpc) is 2.55. The molecule has 0 heterocycles. The van der Waals surface area contributed by atoms with Gasteiger partial charge in [0.25, 0.3) is 5.91 Å². The van der Waals surface area contributed by atoms with Crippen LogP contribution in [0, 0.1) is 0 Å². The van der Waals surface area contributed by atoms with Crippen molar-refractivity contribution in [2.45, 2.75) is 32.9 Å². The van der Waals surface area contributed by atoms with E-state index in [0.717, 1.165) is 17.6 Å². The first-order valence-electron chi connectivity index (χ1n) is 8.40. The maximum absolute atomic E-state index is 12.6. The van der Waals surface area contributed by atoms with Crippen LogP contribution < -0.4 is 14.8 Å². The number of rotatable bonds is 7. The Morgan fingerprint density at radius 3 is 2.44 bits per heavy atom. The number of benzene rings is 2. The molecular weight excluding hydrogens is 388 g/mol. The predicted molar refractivity (Wildman–Crippen MR) is 108 cm³/mol. The van der Waals surface area contributed by atoms with E-state index in [9.17, 15) is 13.2 Å². The zero-order valence-electron chi connectivity index (χ0n) is 15.6. The van der Waals surface area contributed by atoms with Crippen LogP contribution in [0.25, 0.3) is 0 Å². The predicted octanol–water partition coefficient (Wildman–Crippen LogP) is 3.99. The SMILES string of the molecule is CC(C)Oc1cccc(C(C)NC(=O)c2ccc(Cl)c(NS(C)(=O)=O)c2)c1. The van der Waals surface area contributed by atoms with Crippen molar-refractivity contribution in [2.75, 3.05) is 11.0 Å². The molecule has 6 nitrogen and oxygen atoms in total. The molecule has 8 heteroatoms. The number of nitrogens with one attached hydrogen (secondary N) is 2. The second kappa shape index (κ2) is 8.63. The Balaban J connectivity index is 2.16. The van der Waals surface area contributed by atoms with Gasteiger partial charge in [0.05, 0.1) is 29.1 Å². The molecule has 1 amide bonds. The van der Waals surface area contributed by atoms with E-state index in [4.69, 9.17) is 16.3 Å². The molecule has 146 valence electrons. The fourth-order valence-electron chi connectivity index (χ4n) is 2.44. The van der Waals surface area contributed by atoms with Crippen LogP contribution in [0.15, 0.2) is 42.5 Å². The number of halogens is 1. The molecule has 0 spiro atoms. The van der Waals surface area contributed by atoms with E-state index < -0.39 is 10.0 Å². The first kappa shape index (κ1) is 21.1. The Morgan fingerprint density at radius 1 is 1.11 bits per heavy atom. The fourth-order valence-corrected chi connectivity index (χ4v) is 3.23. The Bertz CT molecular complexity index is 929. The summed E-state index contributed by atoms with van der Waals surface area (Å²) < 4.78 is 30.8. The van der Waals surface area contributed by atoms with E-state index in [1.54, 1.807) is 0 Å². The summed E-state index contributed by atoms with van der Waals surface area (Å²) in [5.41, 5.74) is 1.35. The normalized spacial score (nSPS) is 12.5. The van der Waals surface area contributed by atoms with Gasteiger partial charge in [-0.3, -0.25) is 9.52 Å². The molecule has 0 fully saturated rings. The van der Waals surface area contributed by atoms with Crippen molar-refractivity contribution in [3.8, 4) is 5.75 Å². The first-order chi connectivity index (χ1) is 12.5. The minimum Gasteiger partial charge on any atom is -0.491 e. The Kier molecular flexibility index (Phi) is 6.73. The lowest BCUT2D eigenvalue weighted by atomic mass is 10.1. The molecule has 0 aromatic heterocycles. The molecule has 2 aromatic carbocycles. The molecule has 1 atom stereocenters. The number of sulfonamides is 1. The second-order valence-corrected chi connectivity index (χ2v) is 8.66. The topological polar surface area (TPSA) is 84.5 Å². The van der Waals surface area contributed by atoms with Gasteiger partial charge in [-0.05, 0) is 56.7 Å². The van der Waals surface area contributed by atoms with Gasteiger partial charge in [0.1, 0.15) is 5.75 Å². The van der Waals surface area contributed by atoms with Gasteiger partial charge >= 0.3 is 0 Å². The zero-order chi connectivity index (χ0) is 20.2. The van der Waals surface area contributed by atoms with Gasteiger partial charge in [-0.25, -0.2) is 8.42 Å². The number of hydrogen-bond donors (Lipinski definition) is 2. The number of carbonyl (C=O) groups excluding carboxylic acids is 1. The molecule has 0 aliphatic rings. The van der Waals surface area contributed by atoms with Crippen molar-refractivity contribution in [1.82, 2.24) is 5.32 Å². The minimum atomic E-state index is -3.50. The third-order valence-corrected chi connectivity index (χ3v) is 4.52. The standard InChI is InChI=1S/C19H23ClN2O4S/c1-12(2)26-16-7-5-6-14(10-16)13(3)21-19(23)15-8-9-17(20)18(11-15)22-27(4,24)25/h5-13,22H,1-4H3,(H,21,23). The molecule has 0 saturated heterocycles. The van der Waals surface area contributed by atoms with E-state index in [1.807, 2.05) is 45.0 Å². The van der Waals surface area contributed by atoms with Gasteiger partial charge in [0.15, 0.2) is 0 Å². The lowest BCUT2D eigenvalue weighted by molar-refractivity contribution is 0.0939. The number of amides is 1. The molecule has 0 bridgehead atoms. The lowest BCUT2D eigenvalue weighted by Gasteiger charge is -2.17. The van der Waals surface area contributed by atoms with Crippen molar-refractivity contribution < 1.29 is 17.9 Å². The van der Waals surface area contributed by atoms with E-state index in [2.05, 4.69) is 10.0 Å². The molecule has 0 radical (unpaired) electrons. The van der Waals surface area contributed by atoms with Gasteiger partial charge in [-0.1, -0.05) is 23.7 Å². The van der Waals surface area contributed by atoms with Crippen molar-refractivity contribution >= 4 is 33.2 Å². The molecule has 0 aliphatic carbocycles. The summed E-state index contributed by atoms with van der Waals surface area (Å²) in [7, 11) is -3.50. The third kappa shape index (κ3) is 6.45. The van der Waals surface area contributed by atoms with Crippen molar-refractivity contribution in [3.63, 3.8) is 0 Å². The average molecular weight is 411 g/mol. The van der Waals surface area contributed by atoms with Crippen LogP contribution in [-0.2, 0) is 10.0 Å². The summed E-state index contributed by atoms with van der Waals surface area (Å²) in [5.74, 6) is 0.389. The highest BCUT2D eigenvalue weighted by Gasteiger charge is 2.15. The maximum atomic E-state index is 12.6. The van der Waals surface area contributed by atoms with Gasteiger partial charge in [0.2, 0.25) is 10.0 Å². The highest BCUT2D eigenvalue weighted by Crippen LogP contribution is 2.25.